The molecule has 0 aromatic carbocycles. The second-order valence-electron chi connectivity index (χ2n) is 3.09. The molecular weight excluding hydrogens is 156 g/mol. The van der Waals surface area contributed by atoms with Gasteiger partial charge in [-0.3, -0.25) is 9.69 Å². The number of ether oxygens (including phenoxy) is 1. The van der Waals surface area contributed by atoms with Gasteiger partial charge in [-0.05, 0) is 13.3 Å². The smallest absolute Gasteiger partial charge is 0.320 e. The van der Waals surface area contributed by atoms with E-state index < -0.39 is 0 Å². The van der Waals surface area contributed by atoms with Crippen LogP contribution in [0.3, 0.4) is 0 Å². The lowest BCUT2D eigenvalue weighted by Crippen LogP contribution is -2.31. The van der Waals surface area contributed by atoms with Crippen molar-refractivity contribution in [3.63, 3.8) is 0 Å². The van der Waals surface area contributed by atoms with Gasteiger partial charge in [0, 0.05) is 19.1 Å². The predicted octanol–water partition coefficient (Wildman–Crippen LogP) is -0.417. The fourth-order valence-corrected chi connectivity index (χ4v) is 1.40. The molecule has 0 spiro atoms. The molecule has 1 atom stereocenters. The average Bonchev–Trinajstić information content (AvgIpc) is 2.36. The van der Waals surface area contributed by atoms with Gasteiger partial charge in [0.05, 0.1) is 13.2 Å². The third-order valence-electron chi connectivity index (χ3n) is 1.97. The summed E-state index contributed by atoms with van der Waals surface area (Å²) in [6, 6.07) is 0.236. The Labute approximate surface area is 72.7 Å². The maximum Gasteiger partial charge on any atom is 0.320 e. The minimum atomic E-state index is -0.147. The van der Waals surface area contributed by atoms with Gasteiger partial charge in [-0.2, -0.15) is 0 Å². The van der Waals surface area contributed by atoms with Crippen molar-refractivity contribution in [1.29, 1.82) is 0 Å². The molecule has 70 valence electrons. The summed E-state index contributed by atoms with van der Waals surface area (Å²) in [5.41, 5.74) is 5.68. The standard InChI is InChI=1S/C8H16N2O2/c1-2-12-8(11)6-10-4-3-7(9)5-10/h7H,2-6,9H2,1H3/t7-/m0/s1. The van der Waals surface area contributed by atoms with E-state index in [0.29, 0.717) is 13.2 Å². The van der Waals surface area contributed by atoms with E-state index in [1.807, 2.05) is 11.8 Å². The van der Waals surface area contributed by atoms with Gasteiger partial charge < -0.3 is 10.5 Å². The number of hydrogen-bond acceptors (Lipinski definition) is 4. The molecule has 1 saturated heterocycles. The first-order valence-electron chi connectivity index (χ1n) is 4.36. The van der Waals surface area contributed by atoms with Gasteiger partial charge in [-0.15, -0.1) is 0 Å². The topological polar surface area (TPSA) is 55.6 Å². The number of hydrogen-bond donors (Lipinski definition) is 1. The van der Waals surface area contributed by atoms with E-state index in [1.54, 1.807) is 0 Å². The molecule has 0 aromatic heterocycles. The van der Waals surface area contributed by atoms with Gasteiger partial charge >= 0.3 is 5.97 Å². The summed E-state index contributed by atoms with van der Waals surface area (Å²) in [5, 5.41) is 0. The van der Waals surface area contributed by atoms with Crippen LogP contribution in [0.15, 0.2) is 0 Å². The largest absolute Gasteiger partial charge is 0.465 e. The fourth-order valence-electron chi connectivity index (χ4n) is 1.40. The molecule has 1 rings (SSSR count). The van der Waals surface area contributed by atoms with Crippen LogP contribution >= 0.6 is 0 Å². The molecule has 0 aromatic rings. The van der Waals surface area contributed by atoms with Crippen molar-refractivity contribution in [2.75, 3.05) is 26.2 Å². The van der Waals surface area contributed by atoms with Crippen LogP contribution in [0.5, 0.6) is 0 Å². The second kappa shape index (κ2) is 4.42. The monoisotopic (exact) mass is 172 g/mol. The van der Waals surface area contributed by atoms with Crippen LogP contribution in [-0.2, 0) is 9.53 Å². The molecule has 1 aliphatic rings. The Bertz CT molecular complexity index is 161. The van der Waals surface area contributed by atoms with Crippen LogP contribution in [0, 0.1) is 0 Å². The van der Waals surface area contributed by atoms with Crippen molar-refractivity contribution >= 4 is 5.97 Å². The first-order valence-corrected chi connectivity index (χ1v) is 4.36. The minimum absolute atomic E-state index is 0.147. The van der Waals surface area contributed by atoms with Gasteiger partial charge in [0.2, 0.25) is 0 Å². The average molecular weight is 172 g/mol. The molecule has 0 unspecified atom stereocenters. The fraction of sp³-hybridized carbons (Fsp3) is 0.875. The first-order chi connectivity index (χ1) is 5.72. The number of esters is 1. The Morgan fingerprint density at radius 2 is 2.50 bits per heavy atom. The van der Waals surface area contributed by atoms with Crippen molar-refractivity contribution < 1.29 is 9.53 Å². The van der Waals surface area contributed by atoms with Gasteiger partial charge in [0.15, 0.2) is 0 Å². The molecule has 0 saturated carbocycles. The number of rotatable bonds is 3. The molecule has 0 bridgehead atoms. The number of likely N-dealkylation sites (tertiary alicyclic amines) is 1. The molecule has 1 heterocycles. The van der Waals surface area contributed by atoms with Crippen LogP contribution in [0.4, 0.5) is 0 Å². The summed E-state index contributed by atoms with van der Waals surface area (Å²) in [6.45, 7) is 4.40. The van der Waals surface area contributed by atoms with Gasteiger partial charge in [-0.1, -0.05) is 0 Å². The molecule has 1 fully saturated rings. The summed E-state index contributed by atoms with van der Waals surface area (Å²) < 4.78 is 4.82. The van der Waals surface area contributed by atoms with Crippen molar-refractivity contribution in [3.8, 4) is 0 Å². The van der Waals surface area contributed by atoms with E-state index in [2.05, 4.69) is 0 Å². The highest BCUT2D eigenvalue weighted by Gasteiger charge is 2.21. The van der Waals surface area contributed by atoms with E-state index in [9.17, 15) is 4.79 Å². The Balaban J connectivity index is 2.18. The third-order valence-corrected chi connectivity index (χ3v) is 1.97. The molecule has 0 radical (unpaired) electrons. The first kappa shape index (κ1) is 9.48. The van der Waals surface area contributed by atoms with Crippen LogP contribution in [-0.4, -0.2) is 43.2 Å². The van der Waals surface area contributed by atoms with E-state index >= 15 is 0 Å². The molecule has 0 amide bonds. The highest BCUT2D eigenvalue weighted by atomic mass is 16.5. The Morgan fingerprint density at radius 3 is 3.00 bits per heavy atom. The molecule has 4 nitrogen and oxygen atoms in total. The third kappa shape index (κ3) is 2.79. The highest BCUT2D eigenvalue weighted by Crippen LogP contribution is 2.05. The SMILES string of the molecule is CCOC(=O)CN1CC[C@H](N)C1. The van der Waals surface area contributed by atoms with E-state index in [1.165, 1.54) is 0 Å². The normalized spacial score (nSPS) is 24.3. The van der Waals surface area contributed by atoms with Crippen LogP contribution in [0.25, 0.3) is 0 Å². The van der Waals surface area contributed by atoms with E-state index in [4.69, 9.17) is 10.5 Å². The number of carbonyl (C=O) groups excluding carboxylic acids is 1. The van der Waals surface area contributed by atoms with Gasteiger partial charge in [0.25, 0.3) is 0 Å². The second-order valence-corrected chi connectivity index (χ2v) is 3.09. The summed E-state index contributed by atoms with van der Waals surface area (Å²) in [6.07, 6.45) is 0.986. The summed E-state index contributed by atoms with van der Waals surface area (Å²) in [7, 11) is 0. The zero-order valence-corrected chi connectivity index (χ0v) is 7.45. The molecule has 2 N–H and O–H groups in total. The summed E-state index contributed by atoms with van der Waals surface area (Å²) in [4.78, 5) is 13.0. The Morgan fingerprint density at radius 1 is 1.75 bits per heavy atom. The highest BCUT2D eigenvalue weighted by molar-refractivity contribution is 5.71. The Kier molecular flexibility index (Phi) is 3.49. The van der Waals surface area contributed by atoms with Crippen LogP contribution < -0.4 is 5.73 Å². The minimum Gasteiger partial charge on any atom is -0.465 e. The van der Waals surface area contributed by atoms with Crippen LogP contribution in [0.2, 0.25) is 0 Å². The van der Waals surface area contributed by atoms with E-state index in [-0.39, 0.29) is 12.0 Å². The lowest BCUT2D eigenvalue weighted by atomic mass is 10.3. The van der Waals surface area contributed by atoms with Gasteiger partial charge in [-0.25, -0.2) is 0 Å². The van der Waals surface area contributed by atoms with Crippen molar-refractivity contribution in [1.82, 2.24) is 4.90 Å². The lowest BCUT2D eigenvalue weighted by molar-refractivity contribution is -0.144. The lowest BCUT2D eigenvalue weighted by Gasteiger charge is -2.13. The quantitative estimate of drug-likeness (QED) is 0.588. The molecule has 0 aliphatic carbocycles. The van der Waals surface area contributed by atoms with Crippen molar-refractivity contribution in [2.45, 2.75) is 19.4 Å². The van der Waals surface area contributed by atoms with Gasteiger partial charge in [0.1, 0.15) is 0 Å². The number of nitrogens with two attached hydrogens (primary N) is 1. The molecule has 1 aliphatic heterocycles. The predicted molar refractivity (Wildman–Crippen MR) is 45.7 cm³/mol. The molecule has 12 heavy (non-hydrogen) atoms. The zero-order valence-electron chi connectivity index (χ0n) is 7.45. The number of carbonyl (C=O) groups is 1. The summed E-state index contributed by atoms with van der Waals surface area (Å²) in [5.74, 6) is -0.147. The maximum atomic E-state index is 11.0. The molecule has 4 heteroatoms. The zero-order chi connectivity index (χ0) is 8.97. The van der Waals surface area contributed by atoms with Crippen LogP contribution in [0.1, 0.15) is 13.3 Å². The maximum absolute atomic E-state index is 11.0. The van der Waals surface area contributed by atoms with Crippen molar-refractivity contribution in [3.05, 3.63) is 0 Å². The molecular formula is C8H16N2O2. The van der Waals surface area contributed by atoms with E-state index in [0.717, 1.165) is 19.5 Å². The van der Waals surface area contributed by atoms with Crippen molar-refractivity contribution in [2.24, 2.45) is 5.73 Å². The Hall–Kier alpha value is -0.610. The summed E-state index contributed by atoms with van der Waals surface area (Å²) >= 11 is 0. The number of nitrogens with zero attached hydrogens (tertiary/aromatic N) is 1.